The van der Waals surface area contributed by atoms with Crippen LogP contribution in [0.3, 0.4) is 0 Å². The van der Waals surface area contributed by atoms with Crippen LogP contribution >= 0.6 is 0 Å². The van der Waals surface area contributed by atoms with Crippen LogP contribution in [0.5, 0.6) is 0 Å². The summed E-state index contributed by atoms with van der Waals surface area (Å²) in [7, 11) is 0. The predicted octanol–water partition coefficient (Wildman–Crippen LogP) is 0.450. The van der Waals surface area contributed by atoms with Crippen molar-refractivity contribution < 1.29 is 9.90 Å². The fourth-order valence-electron chi connectivity index (χ4n) is 0.767. The monoisotopic (exact) mass is 157 g/mol. The third kappa shape index (κ3) is 5.61. The predicted molar refractivity (Wildman–Crippen MR) is 44.1 cm³/mol. The fraction of sp³-hybridized carbons (Fsp3) is 0.625. The molecular formula is C8H15NO2. The topological polar surface area (TPSA) is 49.3 Å². The molecule has 0 saturated heterocycles. The molecular weight excluding hydrogens is 142 g/mol. The van der Waals surface area contributed by atoms with Gasteiger partial charge in [0.15, 0.2) is 0 Å². The Bertz CT molecular complexity index is 143. The Balaban J connectivity index is 3.66. The van der Waals surface area contributed by atoms with Crippen LogP contribution in [-0.4, -0.2) is 23.7 Å². The minimum atomic E-state index is -0.135. The maximum Gasteiger partial charge on any atom is 0.217 e. The molecule has 0 saturated carbocycles. The minimum Gasteiger partial charge on any atom is -0.394 e. The molecule has 1 atom stereocenters. The van der Waals surface area contributed by atoms with Crippen molar-refractivity contribution in [3.63, 3.8) is 0 Å². The molecule has 2 N–H and O–H groups in total. The Labute approximate surface area is 67.1 Å². The van der Waals surface area contributed by atoms with Crippen LogP contribution in [0.15, 0.2) is 12.2 Å². The Hall–Kier alpha value is -0.830. The van der Waals surface area contributed by atoms with Gasteiger partial charge >= 0.3 is 0 Å². The van der Waals surface area contributed by atoms with Crippen molar-refractivity contribution in [2.75, 3.05) is 6.61 Å². The summed E-state index contributed by atoms with van der Waals surface area (Å²) in [5.41, 5.74) is 0. The summed E-state index contributed by atoms with van der Waals surface area (Å²) in [6, 6.07) is -0.135. The van der Waals surface area contributed by atoms with E-state index in [0.29, 0.717) is 6.42 Å². The van der Waals surface area contributed by atoms with Crippen LogP contribution in [0.2, 0.25) is 0 Å². The highest BCUT2D eigenvalue weighted by Crippen LogP contribution is 1.92. The highest BCUT2D eigenvalue weighted by atomic mass is 16.3. The number of amides is 1. The van der Waals surface area contributed by atoms with E-state index < -0.39 is 0 Å². The van der Waals surface area contributed by atoms with E-state index in [4.69, 9.17) is 5.11 Å². The number of carbonyl (C=O) groups excluding carboxylic acids is 1. The summed E-state index contributed by atoms with van der Waals surface area (Å²) in [5, 5.41) is 11.4. The van der Waals surface area contributed by atoms with Crippen LogP contribution in [0.1, 0.15) is 20.3 Å². The number of allylic oxidation sites excluding steroid dienone is 1. The van der Waals surface area contributed by atoms with Gasteiger partial charge in [-0.25, -0.2) is 0 Å². The SMILES string of the molecule is C/C=C/C[C@H](CO)NC(C)=O. The number of hydrogen-bond donors (Lipinski definition) is 2. The number of nitrogens with one attached hydrogen (secondary N) is 1. The van der Waals surface area contributed by atoms with E-state index in [-0.39, 0.29) is 18.6 Å². The van der Waals surface area contributed by atoms with Gasteiger partial charge in [0.2, 0.25) is 5.91 Å². The Kier molecular flexibility index (Phi) is 5.47. The van der Waals surface area contributed by atoms with Gasteiger partial charge in [0, 0.05) is 6.92 Å². The number of aliphatic hydroxyl groups excluding tert-OH is 1. The first kappa shape index (κ1) is 10.2. The lowest BCUT2D eigenvalue weighted by atomic mass is 10.2. The van der Waals surface area contributed by atoms with Crippen molar-refractivity contribution in [2.45, 2.75) is 26.3 Å². The first-order chi connectivity index (χ1) is 5.20. The highest BCUT2D eigenvalue weighted by molar-refractivity contribution is 5.73. The van der Waals surface area contributed by atoms with E-state index in [1.165, 1.54) is 6.92 Å². The lowest BCUT2D eigenvalue weighted by molar-refractivity contribution is -0.119. The van der Waals surface area contributed by atoms with Gasteiger partial charge in [0.05, 0.1) is 12.6 Å². The largest absolute Gasteiger partial charge is 0.394 e. The van der Waals surface area contributed by atoms with Crippen LogP contribution in [0.4, 0.5) is 0 Å². The fourth-order valence-corrected chi connectivity index (χ4v) is 0.767. The molecule has 0 aliphatic heterocycles. The van der Waals surface area contributed by atoms with Gasteiger partial charge in [-0.2, -0.15) is 0 Å². The third-order valence-corrected chi connectivity index (χ3v) is 1.28. The second-order valence-electron chi connectivity index (χ2n) is 2.38. The van der Waals surface area contributed by atoms with E-state index in [9.17, 15) is 4.79 Å². The molecule has 1 amide bonds. The number of carbonyl (C=O) groups is 1. The first-order valence-corrected chi connectivity index (χ1v) is 3.69. The second kappa shape index (κ2) is 5.92. The summed E-state index contributed by atoms with van der Waals surface area (Å²) in [5.74, 6) is -0.103. The van der Waals surface area contributed by atoms with Gasteiger partial charge in [-0.3, -0.25) is 4.79 Å². The van der Waals surface area contributed by atoms with Crippen molar-refractivity contribution in [3.8, 4) is 0 Å². The molecule has 0 aromatic rings. The average Bonchev–Trinajstić information content (AvgIpc) is 1.97. The Morgan fingerprint density at radius 3 is 2.73 bits per heavy atom. The van der Waals surface area contributed by atoms with Crippen LogP contribution in [0, 0.1) is 0 Å². The molecule has 0 aliphatic rings. The zero-order valence-corrected chi connectivity index (χ0v) is 7.00. The first-order valence-electron chi connectivity index (χ1n) is 3.69. The summed E-state index contributed by atoms with van der Waals surface area (Å²) >= 11 is 0. The van der Waals surface area contributed by atoms with Gasteiger partial charge in [-0.05, 0) is 13.3 Å². The molecule has 0 spiro atoms. The lowest BCUT2D eigenvalue weighted by Gasteiger charge is -2.11. The number of rotatable bonds is 4. The zero-order valence-electron chi connectivity index (χ0n) is 7.00. The third-order valence-electron chi connectivity index (χ3n) is 1.28. The second-order valence-corrected chi connectivity index (χ2v) is 2.38. The molecule has 11 heavy (non-hydrogen) atoms. The van der Waals surface area contributed by atoms with Gasteiger partial charge in [-0.1, -0.05) is 12.2 Å². The normalized spacial score (nSPS) is 13.4. The van der Waals surface area contributed by atoms with E-state index in [2.05, 4.69) is 5.32 Å². The molecule has 0 rings (SSSR count). The molecule has 64 valence electrons. The molecule has 0 bridgehead atoms. The highest BCUT2D eigenvalue weighted by Gasteiger charge is 2.04. The molecule has 0 fully saturated rings. The molecule has 3 nitrogen and oxygen atoms in total. The van der Waals surface area contributed by atoms with Crippen LogP contribution in [-0.2, 0) is 4.79 Å². The molecule has 0 unspecified atom stereocenters. The number of hydrogen-bond acceptors (Lipinski definition) is 2. The summed E-state index contributed by atoms with van der Waals surface area (Å²) in [6.07, 6.45) is 4.49. The van der Waals surface area contributed by atoms with Gasteiger partial charge in [0.1, 0.15) is 0 Å². The quantitative estimate of drug-likeness (QED) is 0.582. The van der Waals surface area contributed by atoms with Crippen molar-refractivity contribution in [1.29, 1.82) is 0 Å². The van der Waals surface area contributed by atoms with E-state index in [0.717, 1.165) is 0 Å². The van der Waals surface area contributed by atoms with E-state index in [1.807, 2.05) is 19.1 Å². The Morgan fingerprint density at radius 2 is 2.36 bits per heavy atom. The molecule has 0 aromatic heterocycles. The molecule has 0 aliphatic carbocycles. The van der Waals surface area contributed by atoms with Crippen molar-refractivity contribution in [3.05, 3.63) is 12.2 Å². The maximum absolute atomic E-state index is 10.5. The van der Waals surface area contributed by atoms with Crippen LogP contribution < -0.4 is 5.32 Å². The average molecular weight is 157 g/mol. The van der Waals surface area contributed by atoms with Crippen molar-refractivity contribution in [1.82, 2.24) is 5.32 Å². The smallest absolute Gasteiger partial charge is 0.217 e. The summed E-state index contributed by atoms with van der Waals surface area (Å²) < 4.78 is 0. The molecule has 0 radical (unpaired) electrons. The number of aliphatic hydroxyl groups is 1. The molecule has 0 aromatic carbocycles. The van der Waals surface area contributed by atoms with Gasteiger partial charge in [0.25, 0.3) is 0 Å². The van der Waals surface area contributed by atoms with E-state index in [1.54, 1.807) is 0 Å². The van der Waals surface area contributed by atoms with Crippen LogP contribution in [0.25, 0.3) is 0 Å². The van der Waals surface area contributed by atoms with E-state index >= 15 is 0 Å². The Morgan fingerprint density at radius 1 is 1.73 bits per heavy atom. The van der Waals surface area contributed by atoms with Crippen molar-refractivity contribution >= 4 is 5.91 Å². The summed E-state index contributed by atoms with van der Waals surface area (Å²) in [4.78, 5) is 10.5. The maximum atomic E-state index is 10.5. The molecule has 0 heterocycles. The summed E-state index contributed by atoms with van der Waals surface area (Å²) in [6.45, 7) is 3.34. The molecule has 3 heteroatoms. The standard InChI is InChI=1S/C8H15NO2/c1-3-4-5-8(6-10)9-7(2)11/h3-4,8,10H,5-6H2,1-2H3,(H,9,11)/b4-3+/t8-/m1/s1. The van der Waals surface area contributed by atoms with Gasteiger partial charge in [-0.15, -0.1) is 0 Å². The van der Waals surface area contributed by atoms with Crippen molar-refractivity contribution in [2.24, 2.45) is 0 Å². The van der Waals surface area contributed by atoms with Gasteiger partial charge < -0.3 is 10.4 Å². The minimum absolute atomic E-state index is 0.0100. The zero-order chi connectivity index (χ0) is 8.69. The lowest BCUT2D eigenvalue weighted by Crippen LogP contribution is -2.35.